The van der Waals surface area contributed by atoms with Gasteiger partial charge in [0.1, 0.15) is 5.03 Å². The van der Waals surface area contributed by atoms with Gasteiger partial charge in [-0.2, -0.15) is 0 Å². The number of Topliss-reactive ketones (excluding diaryl/α,β-unsaturated/α-hetero) is 1. The van der Waals surface area contributed by atoms with Crippen LogP contribution in [-0.4, -0.2) is 35.0 Å². The number of carbonyl (C=O) groups is 3. The van der Waals surface area contributed by atoms with Gasteiger partial charge in [0.25, 0.3) is 5.91 Å². The molecule has 0 saturated heterocycles. The molecular weight excluding hydrogens is 340 g/mol. The van der Waals surface area contributed by atoms with Gasteiger partial charge in [-0.25, -0.2) is 9.78 Å². The average Bonchev–Trinajstić information content (AvgIpc) is 2.61. The topological polar surface area (TPSA) is 85.4 Å². The fourth-order valence-electron chi connectivity index (χ4n) is 2.05. The molecule has 1 atom stereocenters. The third-order valence-corrected chi connectivity index (χ3v) is 4.09. The Balaban J connectivity index is 2.04. The number of esters is 1. The highest BCUT2D eigenvalue weighted by molar-refractivity contribution is 7.98. The highest BCUT2D eigenvalue weighted by Crippen LogP contribution is 2.18. The van der Waals surface area contributed by atoms with E-state index >= 15 is 0 Å². The van der Waals surface area contributed by atoms with E-state index in [2.05, 4.69) is 10.3 Å². The van der Waals surface area contributed by atoms with Gasteiger partial charge in [-0.05, 0) is 44.4 Å². The summed E-state index contributed by atoms with van der Waals surface area (Å²) in [4.78, 5) is 39.9. The third-order valence-electron chi connectivity index (χ3n) is 3.37. The molecule has 1 heterocycles. The van der Waals surface area contributed by atoms with Crippen molar-refractivity contribution < 1.29 is 19.1 Å². The SMILES string of the molecule is CSc1ncccc1C(=O)O[C@H](C)C(=O)Nc1cccc(C(C)=O)c1. The van der Waals surface area contributed by atoms with E-state index in [0.717, 1.165) is 0 Å². The van der Waals surface area contributed by atoms with Crippen LogP contribution in [-0.2, 0) is 9.53 Å². The number of amides is 1. The van der Waals surface area contributed by atoms with Gasteiger partial charge in [0.05, 0.1) is 5.56 Å². The summed E-state index contributed by atoms with van der Waals surface area (Å²) in [5.74, 6) is -1.20. The molecule has 0 saturated carbocycles. The van der Waals surface area contributed by atoms with Crippen LogP contribution < -0.4 is 5.32 Å². The fourth-order valence-corrected chi connectivity index (χ4v) is 2.58. The third kappa shape index (κ3) is 4.90. The first kappa shape index (κ1) is 18.7. The number of hydrogen-bond acceptors (Lipinski definition) is 6. The van der Waals surface area contributed by atoms with Gasteiger partial charge in [0.15, 0.2) is 11.9 Å². The zero-order valence-electron chi connectivity index (χ0n) is 14.1. The lowest BCUT2D eigenvalue weighted by Gasteiger charge is -2.14. The van der Waals surface area contributed by atoms with Gasteiger partial charge in [-0.1, -0.05) is 12.1 Å². The number of ether oxygens (including phenoxy) is 1. The first-order valence-corrected chi connectivity index (χ1v) is 8.76. The Morgan fingerprint density at radius 3 is 2.64 bits per heavy atom. The Labute approximate surface area is 150 Å². The van der Waals surface area contributed by atoms with Crippen LogP contribution in [0, 0.1) is 0 Å². The zero-order chi connectivity index (χ0) is 18.4. The van der Waals surface area contributed by atoms with Crippen LogP contribution in [0.15, 0.2) is 47.6 Å². The van der Waals surface area contributed by atoms with Crippen LogP contribution in [0.1, 0.15) is 34.6 Å². The van der Waals surface area contributed by atoms with E-state index in [9.17, 15) is 14.4 Å². The maximum atomic E-state index is 12.2. The van der Waals surface area contributed by atoms with Crippen LogP contribution in [0.4, 0.5) is 5.69 Å². The summed E-state index contributed by atoms with van der Waals surface area (Å²) in [7, 11) is 0. The molecule has 0 unspecified atom stereocenters. The van der Waals surface area contributed by atoms with Crippen molar-refractivity contribution in [2.45, 2.75) is 25.0 Å². The number of aromatic nitrogens is 1. The van der Waals surface area contributed by atoms with Gasteiger partial charge in [-0.3, -0.25) is 9.59 Å². The number of hydrogen-bond donors (Lipinski definition) is 1. The first-order chi connectivity index (χ1) is 11.9. The van der Waals surface area contributed by atoms with Crippen molar-refractivity contribution in [3.8, 4) is 0 Å². The number of rotatable bonds is 6. The summed E-state index contributed by atoms with van der Waals surface area (Å²) in [5.41, 5.74) is 1.27. The second-order valence-electron chi connectivity index (χ2n) is 5.23. The van der Waals surface area contributed by atoms with Gasteiger partial charge < -0.3 is 10.1 Å². The second-order valence-corrected chi connectivity index (χ2v) is 6.03. The number of nitrogens with zero attached hydrogens (tertiary/aromatic N) is 1. The minimum absolute atomic E-state index is 0.100. The quantitative estimate of drug-likeness (QED) is 0.485. The van der Waals surface area contributed by atoms with Crippen molar-refractivity contribution in [1.29, 1.82) is 0 Å². The highest BCUT2D eigenvalue weighted by Gasteiger charge is 2.21. The molecule has 1 N–H and O–H groups in total. The predicted molar refractivity (Wildman–Crippen MR) is 96.0 cm³/mol. The molecule has 2 rings (SSSR count). The Hall–Kier alpha value is -2.67. The summed E-state index contributed by atoms with van der Waals surface area (Å²) in [5, 5.41) is 3.17. The Morgan fingerprint density at radius 2 is 1.96 bits per heavy atom. The standard InChI is InChI=1S/C18H18N2O4S/c1-11(21)13-6-4-7-14(10-13)20-16(22)12(2)24-18(23)15-8-5-9-19-17(15)25-3/h4-10,12H,1-3H3,(H,20,22)/t12-/m1/s1. The molecule has 7 heteroatoms. The second kappa shape index (κ2) is 8.43. The van der Waals surface area contributed by atoms with Crippen molar-refractivity contribution in [2.24, 2.45) is 0 Å². The molecule has 130 valence electrons. The van der Waals surface area contributed by atoms with E-state index in [1.165, 1.54) is 25.6 Å². The summed E-state index contributed by atoms with van der Waals surface area (Å²) >= 11 is 1.32. The van der Waals surface area contributed by atoms with Gasteiger partial charge in [0.2, 0.25) is 0 Å². The van der Waals surface area contributed by atoms with E-state index in [1.54, 1.807) is 48.9 Å². The van der Waals surface area contributed by atoms with Gasteiger partial charge >= 0.3 is 5.97 Å². The molecule has 1 aromatic heterocycles. The van der Waals surface area contributed by atoms with Crippen LogP contribution in [0.3, 0.4) is 0 Å². The molecule has 1 aromatic carbocycles. The summed E-state index contributed by atoms with van der Waals surface area (Å²) < 4.78 is 5.22. The predicted octanol–water partition coefficient (Wildman–Crippen LogP) is 3.19. The molecule has 0 aliphatic heterocycles. The maximum Gasteiger partial charge on any atom is 0.341 e. The van der Waals surface area contributed by atoms with Crippen molar-refractivity contribution in [3.63, 3.8) is 0 Å². The Kier molecular flexibility index (Phi) is 6.30. The number of ketones is 1. The zero-order valence-corrected chi connectivity index (χ0v) is 14.9. The minimum atomic E-state index is -0.997. The fraction of sp³-hybridized carbons (Fsp3) is 0.222. The van der Waals surface area contributed by atoms with Gasteiger partial charge in [-0.15, -0.1) is 11.8 Å². The number of benzene rings is 1. The molecule has 25 heavy (non-hydrogen) atoms. The van der Waals surface area contributed by atoms with Crippen LogP contribution >= 0.6 is 11.8 Å². The number of pyridine rings is 1. The number of carbonyl (C=O) groups excluding carboxylic acids is 3. The van der Waals surface area contributed by atoms with E-state index < -0.39 is 18.0 Å². The summed E-state index contributed by atoms with van der Waals surface area (Å²) in [6.45, 7) is 2.93. The largest absolute Gasteiger partial charge is 0.449 e. The molecule has 1 amide bonds. The molecule has 0 spiro atoms. The lowest BCUT2D eigenvalue weighted by atomic mass is 10.1. The highest BCUT2D eigenvalue weighted by atomic mass is 32.2. The van der Waals surface area contributed by atoms with E-state index in [0.29, 0.717) is 21.8 Å². The van der Waals surface area contributed by atoms with Crippen molar-refractivity contribution in [3.05, 3.63) is 53.7 Å². The van der Waals surface area contributed by atoms with E-state index in [-0.39, 0.29) is 5.78 Å². The monoisotopic (exact) mass is 358 g/mol. The lowest BCUT2D eigenvalue weighted by molar-refractivity contribution is -0.123. The van der Waals surface area contributed by atoms with E-state index in [1.807, 2.05) is 0 Å². The molecule has 0 aliphatic carbocycles. The molecule has 0 radical (unpaired) electrons. The van der Waals surface area contributed by atoms with Crippen LogP contribution in [0.25, 0.3) is 0 Å². The smallest absolute Gasteiger partial charge is 0.341 e. The maximum absolute atomic E-state index is 12.2. The molecular formula is C18H18N2O4S. The van der Waals surface area contributed by atoms with Gasteiger partial charge in [0, 0.05) is 17.4 Å². The Bertz CT molecular complexity index is 807. The van der Waals surface area contributed by atoms with E-state index in [4.69, 9.17) is 4.74 Å². The normalized spacial score (nSPS) is 11.5. The average molecular weight is 358 g/mol. The van der Waals surface area contributed by atoms with Crippen molar-refractivity contribution in [2.75, 3.05) is 11.6 Å². The first-order valence-electron chi connectivity index (χ1n) is 7.54. The molecule has 0 fully saturated rings. The summed E-state index contributed by atoms with van der Waals surface area (Å²) in [6, 6.07) is 9.79. The number of nitrogens with one attached hydrogen (secondary N) is 1. The molecule has 2 aromatic rings. The van der Waals surface area contributed by atoms with Crippen molar-refractivity contribution >= 4 is 35.1 Å². The molecule has 6 nitrogen and oxygen atoms in total. The molecule has 0 bridgehead atoms. The number of anilines is 1. The lowest BCUT2D eigenvalue weighted by Crippen LogP contribution is -2.30. The Morgan fingerprint density at radius 1 is 1.20 bits per heavy atom. The summed E-state index contributed by atoms with van der Waals surface area (Å²) in [6.07, 6.45) is 2.39. The number of thioether (sulfide) groups is 1. The van der Waals surface area contributed by atoms with Crippen LogP contribution in [0.2, 0.25) is 0 Å². The van der Waals surface area contributed by atoms with Crippen LogP contribution in [0.5, 0.6) is 0 Å². The molecule has 0 aliphatic rings. The van der Waals surface area contributed by atoms with Crippen molar-refractivity contribution in [1.82, 2.24) is 4.98 Å². The minimum Gasteiger partial charge on any atom is -0.449 e.